The van der Waals surface area contributed by atoms with E-state index in [9.17, 15) is 8.42 Å². The first-order chi connectivity index (χ1) is 9.86. The van der Waals surface area contributed by atoms with Crippen LogP contribution >= 0.6 is 0 Å². The lowest BCUT2D eigenvalue weighted by atomic mass is 10.2. The Balaban J connectivity index is 3.14. The molecule has 0 aliphatic heterocycles. The van der Waals surface area contributed by atoms with Crippen LogP contribution in [0.3, 0.4) is 0 Å². The predicted octanol–water partition coefficient (Wildman–Crippen LogP) is 2.03. The molecule has 0 fully saturated rings. The maximum atomic E-state index is 13.0. The Morgan fingerprint density at radius 1 is 1.33 bits per heavy atom. The van der Waals surface area contributed by atoms with Crippen molar-refractivity contribution >= 4 is 10.0 Å². The van der Waals surface area contributed by atoms with Crippen molar-refractivity contribution in [3.05, 3.63) is 11.4 Å². The van der Waals surface area contributed by atoms with Gasteiger partial charge >= 0.3 is 0 Å². The molecule has 0 radical (unpaired) electrons. The van der Waals surface area contributed by atoms with Crippen LogP contribution in [0.5, 0.6) is 0 Å². The van der Waals surface area contributed by atoms with Crippen LogP contribution in [0.4, 0.5) is 0 Å². The van der Waals surface area contributed by atoms with E-state index in [0.717, 1.165) is 19.3 Å². The highest BCUT2D eigenvalue weighted by Gasteiger charge is 2.31. The van der Waals surface area contributed by atoms with Crippen LogP contribution in [0.25, 0.3) is 0 Å². The highest BCUT2D eigenvalue weighted by molar-refractivity contribution is 7.89. The van der Waals surface area contributed by atoms with E-state index in [2.05, 4.69) is 22.4 Å². The van der Waals surface area contributed by atoms with Crippen LogP contribution in [-0.4, -0.2) is 42.6 Å². The molecule has 21 heavy (non-hydrogen) atoms. The maximum absolute atomic E-state index is 13.0. The summed E-state index contributed by atoms with van der Waals surface area (Å²) in [7, 11) is -1.74. The van der Waals surface area contributed by atoms with Gasteiger partial charge < -0.3 is 5.32 Å². The molecule has 1 aromatic rings. The Kier molecular flexibility index (Phi) is 6.83. The standard InChI is InChI=1S/C14H28N4O2S/c1-6-7-8-9-18(11(2)3)21(19,20)14-12(4)16-17-13(14)10-15-5/h11,15H,6-10H2,1-5H3,(H,16,17). The minimum Gasteiger partial charge on any atom is -0.314 e. The van der Waals surface area contributed by atoms with E-state index in [1.807, 2.05) is 13.8 Å². The van der Waals surface area contributed by atoms with Gasteiger partial charge in [0, 0.05) is 19.1 Å². The molecule has 2 N–H and O–H groups in total. The van der Waals surface area contributed by atoms with Crippen molar-refractivity contribution in [3.8, 4) is 0 Å². The first-order valence-corrected chi connectivity index (χ1v) is 9.00. The summed E-state index contributed by atoms with van der Waals surface area (Å²) >= 11 is 0. The largest absolute Gasteiger partial charge is 0.314 e. The third kappa shape index (κ3) is 4.28. The number of H-pyrrole nitrogens is 1. The summed E-state index contributed by atoms with van der Waals surface area (Å²) in [5.74, 6) is 0. The van der Waals surface area contributed by atoms with Crippen LogP contribution in [0, 0.1) is 6.92 Å². The highest BCUT2D eigenvalue weighted by atomic mass is 32.2. The van der Waals surface area contributed by atoms with Crippen molar-refractivity contribution in [2.24, 2.45) is 0 Å². The number of hydrogen-bond donors (Lipinski definition) is 2. The summed E-state index contributed by atoms with van der Waals surface area (Å²) in [6.07, 6.45) is 2.99. The van der Waals surface area contributed by atoms with Gasteiger partial charge in [-0.15, -0.1) is 0 Å². The zero-order chi connectivity index (χ0) is 16.0. The summed E-state index contributed by atoms with van der Waals surface area (Å²) in [5, 5.41) is 9.87. The third-order valence-electron chi connectivity index (χ3n) is 3.43. The van der Waals surface area contributed by atoms with Crippen LogP contribution < -0.4 is 5.32 Å². The summed E-state index contributed by atoms with van der Waals surface area (Å²) in [4.78, 5) is 0.321. The Hall–Kier alpha value is -0.920. The summed E-state index contributed by atoms with van der Waals surface area (Å²) in [6, 6.07) is -0.0661. The number of aromatic amines is 1. The molecule has 6 nitrogen and oxygen atoms in total. The molecule has 0 saturated heterocycles. The summed E-state index contributed by atoms with van der Waals surface area (Å²) in [5.41, 5.74) is 1.15. The zero-order valence-electron chi connectivity index (χ0n) is 13.7. The molecule has 122 valence electrons. The molecule has 7 heteroatoms. The SMILES string of the molecule is CCCCCN(C(C)C)S(=O)(=O)c1c(CNC)n[nH]c1C. The quantitative estimate of drug-likeness (QED) is 0.683. The topological polar surface area (TPSA) is 78.1 Å². The molecule has 0 bridgehead atoms. The van der Waals surface area contributed by atoms with Crippen molar-refractivity contribution in [3.63, 3.8) is 0 Å². The van der Waals surface area contributed by atoms with E-state index < -0.39 is 10.0 Å². The number of rotatable bonds is 9. The normalized spacial score (nSPS) is 12.5. The molecular formula is C14H28N4O2S. The summed E-state index contributed by atoms with van der Waals surface area (Å²) < 4.78 is 27.6. The molecule has 1 aromatic heterocycles. The van der Waals surface area contributed by atoms with Crippen LogP contribution in [0.15, 0.2) is 4.90 Å². The first kappa shape index (κ1) is 18.1. The van der Waals surface area contributed by atoms with Gasteiger partial charge in [0.25, 0.3) is 0 Å². The number of aryl methyl sites for hydroxylation is 1. The Morgan fingerprint density at radius 2 is 2.00 bits per heavy atom. The third-order valence-corrected chi connectivity index (χ3v) is 5.71. The van der Waals surface area contributed by atoms with Crippen LogP contribution in [0.1, 0.15) is 51.4 Å². The minimum atomic E-state index is -3.52. The van der Waals surface area contributed by atoms with Gasteiger partial charge in [-0.3, -0.25) is 5.10 Å². The smallest absolute Gasteiger partial charge is 0.247 e. The molecule has 0 aliphatic carbocycles. The molecule has 1 heterocycles. The molecular weight excluding hydrogens is 288 g/mol. The second kappa shape index (κ2) is 7.91. The number of hydrogen-bond acceptors (Lipinski definition) is 4. The van der Waals surface area contributed by atoms with Crippen molar-refractivity contribution in [1.29, 1.82) is 0 Å². The van der Waals surface area contributed by atoms with Gasteiger partial charge in [-0.25, -0.2) is 8.42 Å². The minimum absolute atomic E-state index is 0.0661. The van der Waals surface area contributed by atoms with E-state index in [4.69, 9.17) is 0 Å². The van der Waals surface area contributed by atoms with E-state index in [1.54, 1.807) is 18.3 Å². The van der Waals surface area contributed by atoms with Gasteiger partial charge in [-0.1, -0.05) is 19.8 Å². The van der Waals surface area contributed by atoms with Gasteiger partial charge in [0.1, 0.15) is 4.90 Å². The second-order valence-electron chi connectivity index (χ2n) is 5.57. The second-order valence-corrected chi connectivity index (χ2v) is 7.40. The Morgan fingerprint density at radius 3 is 2.52 bits per heavy atom. The Bertz CT molecular complexity index is 537. The molecule has 0 amide bonds. The molecule has 0 aromatic carbocycles. The lowest BCUT2D eigenvalue weighted by Crippen LogP contribution is -2.38. The van der Waals surface area contributed by atoms with Gasteiger partial charge in [-0.05, 0) is 34.2 Å². The number of nitrogens with zero attached hydrogens (tertiary/aromatic N) is 2. The van der Waals surface area contributed by atoms with Crippen LogP contribution in [0.2, 0.25) is 0 Å². The molecule has 0 unspecified atom stereocenters. The van der Waals surface area contributed by atoms with Crippen LogP contribution in [-0.2, 0) is 16.6 Å². The molecule has 0 aliphatic rings. The summed E-state index contributed by atoms with van der Waals surface area (Å²) in [6.45, 7) is 8.67. The van der Waals surface area contributed by atoms with E-state index in [0.29, 0.717) is 29.4 Å². The van der Waals surface area contributed by atoms with Gasteiger partial charge in [-0.2, -0.15) is 9.40 Å². The van der Waals surface area contributed by atoms with Crippen molar-refractivity contribution in [1.82, 2.24) is 19.8 Å². The lowest BCUT2D eigenvalue weighted by molar-refractivity contribution is 0.345. The van der Waals surface area contributed by atoms with Gasteiger partial charge in [0.05, 0.1) is 11.4 Å². The monoisotopic (exact) mass is 316 g/mol. The van der Waals surface area contributed by atoms with Crippen molar-refractivity contribution < 1.29 is 8.42 Å². The zero-order valence-corrected chi connectivity index (χ0v) is 14.5. The van der Waals surface area contributed by atoms with Crippen molar-refractivity contribution in [2.75, 3.05) is 13.6 Å². The van der Waals surface area contributed by atoms with Gasteiger partial charge in [0.2, 0.25) is 10.0 Å². The van der Waals surface area contributed by atoms with E-state index in [-0.39, 0.29) is 6.04 Å². The molecule has 0 atom stereocenters. The maximum Gasteiger partial charge on any atom is 0.247 e. The first-order valence-electron chi connectivity index (χ1n) is 7.56. The predicted molar refractivity (Wildman–Crippen MR) is 84.6 cm³/mol. The van der Waals surface area contributed by atoms with Gasteiger partial charge in [0.15, 0.2) is 0 Å². The lowest BCUT2D eigenvalue weighted by Gasteiger charge is -2.26. The number of sulfonamides is 1. The molecule has 0 saturated carbocycles. The van der Waals surface area contributed by atoms with E-state index >= 15 is 0 Å². The van der Waals surface area contributed by atoms with E-state index in [1.165, 1.54) is 0 Å². The fourth-order valence-corrected chi connectivity index (χ4v) is 4.40. The Labute approximate surface area is 128 Å². The number of unbranched alkanes of at least 4 members (excludes halogenated alkanes) is 2. The molecule has 1 rings (SSSR count). The fraction of sp³-hybridized carbons (Fsp3) is 0.786. The molecule has 0 spiro atoms. The van der Waals surface area contributed by atoms with Crippen molar-refractivity contribution in [2.45, 2.75) is 64.4 Å². The number of aromatic nitrogens is 2. The number of nitrogens with one attached hydrogen (secondary N) is 2. The average Bonchev–Trinajstić information content (AvgIpc) is 2.76. The highest BCUT2D eigenvalue weighted by Crippen LogP contribution is 2.24. The fourth-order valence-electron chi connectivity index (χ4n) is 2.39. The average molecular weight is 316 g/mol.